The summed E-state index contributed by atoms with van der Waals surface area (Å²) in [5.74, 6) is 0.444. The average Bonchev–Trinajstić information content (AvgIpc) is 2.37. The van der Waals surface area contributed by atoms with Crippen molar-refractivity contribution < 1.29 is 14.3 Å². The van der Waals surface area contributed by atoms with E-state index in [9.17, 15) is 9.59 Å². The van der Waals surface area contributed by atoms with Crippen LogP contribution in [-0.4, -0.2) is 24.8 Å². The van der Waals surface area contributed by atoms with Crippen LogP contribution in [0.4, 0.5) is 0 Å². The number of ketones is 1. The Morgan fingerprint density at radius 2 is 1.89 bits per heavy atom. The molecule has 1 aromatic rings. The summed E-state index contributed by atoms with van der Waals surface area (Å²) in [5, 5.41) is 2.98. The van der Waals surface area contributed by atoms with E-state index in [0.29, 0.717) is 18.6 Å². The minimum Gasteiger partial charge on any atom is -0.427 e. The summed E-state index contributed by atoms with van der Waals surface area (Å²) in [6.45, 7) is 3.51. The Hall–Kier alpha value is -1.68. The smallest absolute Gasteiger partial charge is 0.311 e. The molecule has 19 heavy (non-hydrogen) atoms. The minimum absolute atomic E-state index is 0.112. The summed E-state index contributed by atoms with van der Waals surface area (Å²) < 4.78 is 5.17. The van der Waals surface area contributed by atoms with E-state index in [1.54, 1.807) is 26.1 Å². The predicted molar refractivity (Wildman–Crippen MR) is 74.2 cm³/mol. The standard InChI is InChI=1S/C15H21NO3/c1-4-5-15(18)19-13-8-6-12(7-9-13)10-14(16-3)11(2)17/h6-9,14,16H,4-5,10H2,1-3H3. The highest BCUT2D eigenvalue weighted by Crippen LogP contribution is 2.14. The molecule has 0 amide bonds. The van der Waals surface area contributed by atoms with Gasteiger partial charge in [-0.1, -0.05) is 19.1 Å². The van der Waals surface area contributed by atoms with Gasteiger partial charge in [-0.25, -0.2) is 0 Å². The Balaban J connectivity index is 2.61. The van der Waals surface area contributed by atoms with E-state index >= 15 is 0 Å². The molecule has 0 fully saturated rings. The monoisotopic (exact) mass is 263 g/mol. The number of rotatable bonds is 7. The number of benzene rings is 1. The second-order valence-corrected chi connectivity index (χ2v) is 4.52. The zero-order valence-corrected chi connectivity index (χ0v) is 11.7. The van der Waals surface area contributed by atoms with Crippen LogP contribution >= 0.6 is 0 Å². The van der Waals surface area contributed by atoms with Crippen LogP contribution in [0, 0.1) is 0 Å². The SMILES string of the molecule is CCCC(=O)Oc1ccc(CC(NC)C(C)=O)cc1. The summed E-state index contributed by atoms with van der Waals surface area (Å²) in [6.07, 6.45) is 1.84. The van der Waals surface area contributed by atoms with E-state index in [0.717, 1.165) is 12.0 Å². The van der Waals surface area contributed by atoms with Crippen molar-refractivity contribution in [3.8, 4) is 5.75 Å². The van der Waals surface area contributed by atoms with Crippen LogP contribution < -0.4 is 10.1 Å². The average molecular weight is 263 g/mol. The number of ether oxygens (including phenoxy) is 1. The summed E-state index contributed by atoms with van der Waals surface area (Å²) >= 11 is 0. The molecule has 0 aromatic heterocycles. The highest BCUT2D eigenvalue weighted by molar-refractivity contribution is 5.81. The van der Waals surface area contributed by atoms with Crippen molar-refractivity contribution in [1.82, 2.24) is 5.32 Å². The van der Waals surface area contributed by atoms with Crippen LogP contribution in [0.1, 0.15) is 32.3 Å². The van der Waals surface area contributed by atoms with Crippen molar-refractivity contribution in [3.63, 3.8) is 0 Å². The lowest BCUT2D eigenvalue weighted by Gasteiger charge is -2.12. The Morgan fingerprint density at radius 1 is 1.26 bits per heavy atom. The normalized spacial score (nSPS) is 11.9. The van der Waals surface area contributed by atoms with Crippen molar-refractivity contribution in [3.05, 3.63) is 29.8 Å². The molecule has 1 rings (SSSR count). The van der Waals surface area contributed by atoms with Crippen LogP contribution in [0.5, 0.6) is 5.75 Å². The third kappa shape index (κ3) is 5.22. The van der Waals surface area contributed by atoms with Gasteiger partial charge < -0.3 is 10.1 Å². The van der Waals surface area contributed by atoms with Crippen molar-refractivity contribution in [2.75, 3.05) is 7.05 Å². The van der Waals surface area contributed by atoms with Gasteiger partial charge >= 0.3 is 5.97 Å². The zero-order valence-electron chi connectivity index (χ0n) is 11.7. The van der Waals surface area contributed by atoms with Crippen LogP contribution in [0.2, 0.25) is 0 Å². The molecule has 1 N–H and O–H groups in total. The van der Waals surface area contributed by atoms with Gasteiger partial charge in [-0.2, -0.15) is 0 Å². The van der Waals surface area contributed by atoms with Crippen molar-refractivity contribution in [1.29, 1.82) is 0 Å². The molecule has 0 aliphatic carbocycles. The fourth-order valence-corrected chi connectivity index (χ4v) is 1.76. The lowest BCUT2D eigenvalue weighted by atomic mass is 10.0. The van der Waals surface area contributed by atoms with Gasteiger partial charge in [-0.05, 0) is 44.5 Å². The maximum atomic E-state index is 11.3. The summed E-state index contributed by atoms with van der Waals surface area (Å²) in [4.78, 5) is 22.7. The third-order valence-corrected chi connectivity index (χ3v) is 2.89. The number of esters is 1. The molecular formula is C15H21NO3. The summed E-state index contributed by atoms with van der Waals surface area (Å²) in [6, 6.07) is 7.10. The fourth-order valence-electron chi connectivity index (χ4n) is 1.76. The van der Waals surface area contributed by atoms with Gasteiger partial charge in [0.1, 0.15) is 11.5 Å². The quantitative estimate of drug-likeness (QED) is 0.604. The first kappa shape index (κ1) is 15.4. The van der Waals surface area contributed by atoms with Crippen LogP contribution in [0.3, 0.4) is 0 Å². The first-order valence-corrected chi connectivity index (χ1v) is 6.54. The molecule has 0 radical (unpaired) electrons. The minimum atomic E-state index is -0.216. The molecule has 1 unspecified atom stereocenters. The lowest BCUT2D eigenvalue weighted by molar-refractivity contribution is -0.134. The van der Waals surface area contributed by atoms with E-state index < -0.39 is 0 Å². The van der Waals surface area contributed by atoms with Crippen LogP contribution in [0.15, 0.2) is 24.3 Å². The molecule has 0 spiro atoms. The molecular weight excluding hydrogens is 242 g/mol. The van der Waals surface area contributed by atoms with Crippen molar-refractivity contribution >= 4 is 11.8 Å². The van der Waals surface area contributed by atoms with E-state index in [1.807, 2.05) is 19.1 Å². The van der Waals surface area contributed by atoms with Gasteiger partial charge in [0.05, 0.1) is 6.04 Å². The molecule has 1 atom stereocenters. The zero-order chi connectivity index (χ0) is 14.3. The van der Waals surface area contributed by atoms with Crippen LogP contribution in [0.25, 0.3) is 0 Å². The molecule has 104 valence electrons. The summed E-state index contributed by atoms with van der Waals surface area (Å²) in [7, 11) is 1.77. The molecule has 0 heterocycles. The number of likely N-dealkylation sites (N-methyl/N-ethyl adjacent to an activating group) is 1. The van der Waals surface area contributed by atoms with E-state index in [4.69, 9.17) is 4.74 Å². The molecule has 0 saturated carbocycles. The van der Waals surface area contributed by atoms with E-state index in [-0.39, 0.29) is 17.8 Å². The number of carbonyl (C=O) groups excluding carboxylic acids is 2. The first-order chi connectivity index (χ1) is 9.06. The van der Waals surface area contributed by atoms with Crippen molar-refractivity contribution in [2.24, 2.45) is 0 Å². The summed E-state index contributed by atoms with van der Waals surface area (Å²) in [5.41, 5.74) is 1.03. The van der Waals surface area contributed by atoms with Gasteiger partial charge in [0, 0.05) is 6.42 Å². The van der Waals surface area contributed by atoms with Gasteiger partial charge in [0.2, 0.25) is 0 Å². The predicted octanol–water partition coefficient (Wildman–Crippen LogP) is 2.11. The molecule has 0 bridgehead atoms. The van der Waals surface area contributed by atoms with E-state index in [2.05, 4.69) is 5.32 Å². The number of hydrogen-bond acceptors (Lipinski definition) is 4. The second-order valence-electron chi connectivity index (χ2n) is 4.52. The molecule has 0 aliphatic rings. The van der Waals surface area contributed by atoms with Gasteiger partial charge in [0.25, 0.3) is 0 Å². The molecule has 4 heteroatoms. The molecule has 0 aliphatic heterocycles. The second kappa shape index (κ2) is 7.69. The Kier molecular flexibility index (Phi) is 6.22. The van der Waals surface area contributed by atoms with Gasteiger partial charge in [0.15, 0.2) is 0 Å². The van der Waals surface area contributed by atoms with Crippen LogP contribution in [-0.2, 0) is 16.0 Å². The number of hydrogen-bond donors (Lipinski definition) is 1. The maximum Gasteiger partial charge on any atom is 0.311 e. The topological polar surface area (TPSA) is 55.4 Å². The Morgan fingerprint density at radius 3 is 2.37 bits per heavy atom. The molecule has 0 saturated heterocycles. The van der Waals surface area contributed by atoms with Crippen molar-refractivity contribution in [2.45, 2.75) is 39.2 Å². The largest absolute Gasteiger partial charge is 0.427 e. The lowest BCUT2D eigenvalue weighted by Crippen LogP contribution is -2.34. The van der Waals surface area contributed by atoms with Gasteiger partial charge in [-0.15, -0.1) is 0 Å². The van der Waals surface area contributed by atoms with Gasteiger partial charge in [-0.3, -0.25) is 9.59 Å². The highest BCUT2D eigenvalue weighted by Gasteiger charge is 2.12. The highest BCUT2D eigenvalue weighted by atomic mass is 16.5. The third-order valence-electron chi connectivity index (χ3n) is 2.89. The maximum absolute atomic E-state index is 11.3. The molecule has 1 aromatic carbocycles. The number of carbonyl (C=O) groups is 2. The number of nitrogens with one attached hydrogen (secondary N) is 1. The first-order valence-electron chi connectivity index (χ1n) is 6.54. The Labute approximate surface area is 114 Å². The Bertz CT molecular complexity index is 426. The fraction of sp³-hybridized carbons (Fsp3) is 0.467. The molecule has 4 nitrogen and oxygen atoms in total. The number of Topliss-reactive ketones (excluding diaryl/α,β-unsaturated/α-hetero) is 1. The van der Waals surface area contributed by atoms with E-state index in [1.165, 1.54) is 0 Å².